The van der Waals surface area contributed by atoms with Crippen molar-refractivity contribution in [2.45, 2.75) is 32.8 Å². The summed E-state index contributed by atoms with van der Waals surface area (Å²) in [6.07, 6.45) is -1.21. The number of carbonyl (C=O) groups is 4. The van der Waals surface area contributed by atoms with Crippen molar-refractivity contribution in [1.29, 1.82) is 0 Å². The van der Waals surface area contributed by atoms with Crippen LogP contribution in [0.1, 0.15) is 35.6 Å². The van der Waals surface area contributed by atoms with E-state index in [4.69, 9.17) is 4.74 Å². The first-order chi connectivity index (χ1) is 15.3. The van der Waals surface area contributed by atoms with Gasteiger partial charge in [0.05, 0.1) is 5.69 Å². The van der Waals surface area contributed by atoms with Crippen LogP contribution in [0.25, 0.3) is 0 Å². The van der Waals surface area contributed by atoms with E-state index < -0.39 is 24.0 Å². The predicted molar refractivity (Wildman–Crippen MR) is 118 cm³/mol. The maximum atomic E-state index is 12.9. The fraction of sp³-hybridized carbons (Fsp3) is 0.261. The third-order valence-corrected chi connectivity index (χ3v) is 4.89. The molecule has 9 heteroatoms. The summed E-state index contributed by atoms with van der Waals surface area (Å²) in [5.74, 6) is -1.89. The Morgan fingerprint density at radius 1 is 1.06 bits per heavy atom. The molecule has 9 nitrogen and oxygen atoms in total. The summed E-state index contributed by atoms with van der Waals surface area (Å²) < 4.78 is 5.46. The molecule has 0 fully saturated rings. The minimum atomic E-state index is -1.37. The smallest absolute Gasteiger partial charge is 0.355 e. The summed E-state index contributed by atoms with van der Waals surface area (Å²) in [7, 11) is 1.36. The minimum absolute atomic E-state index is 0.0131. The molecule has 2 aromatic carbocycles. The number of hydrogen-bond acceptors (Lipinski definition) is 6. The Bertz CT molecular complexity index is 1080. The van der Waals surface area contributed by atoms with Gasteiger partial charge in [-0.1, -0.05) is 42.5 Å². The maximum absolute atomic E-state index is 12.9. The number of anilines is 1. The zero-order chi connectivity index (χ0) is 23.3. The lowest BCUT2D eigenvalue weighted by Crippen LogP contribution is -2.42. The molecular weight excluding hydrogens is 412 g/mol. The Balaban J connectivity index is 1.88. The normalized spacial score (nSPS) is 14.3. The van der Waals surface area contributed by atoms with Crippen LogP contribution in [0.3, 0.4) is 0 Å². The number of hydrazone groups is 1. The number of esters is 1. The zero-order valence-electron chi connectivity index (χ0n) is 18.0. The number of hydrogen-bond donors (Lipinski definition) is 2. The molecule has 0 saturated heterocycles. The number of ether oxygens (including phenoxy) is 1. The molecule has 1 aliphatic rings. The number of nitrogens with one attached hydrogen (secondary N) is 2. The van der Waals surface area contributed by atoms with Gasteiger partial charge in [0.25, 0.3) is 5.91 Å². The second-order valence-electron chi connectivity index (χ2n) is 7.31. The zero-order valence-corrected chi connectivity index (χ0v) is 18.0. The maximum Gasteiger partial charge on any atom is 0.355 e. The second-order valence-corrected chi connectivity index (χ2v) is 7.31. The van der Waals surface area contributed by atoms with Gasteiger partial charge in [0.2, 0.25) is 12.0 Å². The molecule has 0 radical (unpaired) electrons. The Morgan fingerprint density at radius 2 is 1.78 bits per heavy atom. The lowest BCUT2D eigenvalue weighted by atomic mass is 10.1. The van der Waals surface area contributed by atoms with E-state index in [1.54, 1.807) is 30.3 Å². The molecular formula is C23H24N4O5. The van der Waals surface area contributed by atoms with Gasteiger partial charge in [0, 0.05) is 25.5 Å². The van der Waals surface area contributed by atoms with Gasteiger partial charge in [0.1, 0.15) is 5.71 Å². The lowest BCUT2D eigenvalue weighted by Gasteiger charge is -2.25. The standard InChI is InChI=1S/C23H24N4O5/c1-14-9-10-15(2)18(13-14)27-19(28)12-11-17(26-27)22(30)32-20(16-7-5-4-6-8-16)21(29)25-23(31)24-3/h4-10,13,20H,11-12H2,1-3H3,(H2,24,25,29,31). The Hall–Kier alpha value is -4.01. The average Bonchev–Trinajstić information content (AvgIpc) is 2.79. The van der Waals surface area contributed by atoms with Crippen molar-refractivity contribution < 1.29 is 23.9 Å². The molecule has 0 aliphatic carbocycles. The summed E-state index contributed by atoms with van der Waals surface area (Å²) in [6.45, 7) is 3.74. The lowest BCUT2D eigenvalue weighted by molar-refractivity contribution is -0.150. The first-order valence-electron chi connectivity index (χ1n) is 10.1. The van der Waals surface area contributed by atoms with E-state index in [2.05, 4.69) is 15.7 Å². The van der Waals surface area contributed by atoms with Gasteiger partial charge in [-0.3, -0.25) is 14.9 Å². The predicted octanol–water partition coefficient (Wildman–Crippen LogP) is 2.53. The van der Waals surface area contributed by atoms with Crippen molar-refractivity contribution in [2.75, 3.05) is 12.1 Å². The number of carbonyl (C=O) groups excluding carboxylic acids is 4. The molecule has 0 saturated carbocycles. The Labute approximate surface area is 185 Å². The highest BCUT2D eigenvalue weighted by Gasteiger charge is 2.32. The van der Waals surface area contributed by atoms with Crippen molar-refractivity contribution in [3.63, 3.8) is 0 Å². The number of rotatable bonds is 5. The third-order valence-electron chi connectivity index (χ3n) is 4.89. The molecule has 2 aromatic rings. The minimum Gasteiger partial charge on any atom is -0.443 e. The first kappa shape index (κ1) is 22.7. The quantitative estimate of drug-likeness (QED) is 0.699. The van der Waals surface area contributed by atoms with Crippen LogP contribution < -0.4 is 15.6 Å². The van der Waals surface area contributed by atoms with Gasteiger partial charge in [-0.25, -0.2) is 9.59 Å². The van der Waals surface area contributed by atoms with E-state index in [0.29, 0.717) is 11.3 Å². The average molecular weight is 436 g/mol. The third kappa shape index (κ3) is 5.18. The van der Waals surface area contributed by atoms with Crippen molar-refractivity contribution >= 4 is 35.2 Å². The molecule has 1 aliphatic heterocycles. The molecule has 1 atom stereocenters. The summed E-state index contributed by atoms with van der Waals surface area (Å²) in [4.78, 5) is 49.6. The Morgan fingerprint density at radius 3 is 2.47 bits per heavy atom. The van der Waals surface area contributed by atoms with Gasteiger partial charge in [0.15, 0.2) is 0 Å². The van der Waals surface area contributed by atoms with Crippen LogP contribution >= 0.6 is 0 Å². The van der Waals surface area contributed by atoms with E-state index in [0.717, 1.165) is 11.1 Å². The number of benzene rings is 2. The highest BCUT2D eigenvalue weighted by atomic mass is 16.5. The number of nitrogens with zero attached hydrogens (tertiary/aromatic N) is 2. The Kier molecular flexibility index (Phi) is 6.99. The molecule has 166 valence electrons. The number of amides is 4. The molecule has 4 amide bonds. The molecule has 0 bridgehead atoms. The summed E-state index contributed by atoms with van der Waals surface area (Å²) >= 11 is 0. The van der Waals surface area contributed by atoms with Crippen molar-refractivity contribution in [3.8, 4) is 0 Å². The van der Waals surface area contributed by atoms with Crippen molar-refractivity contribution in [3.05, 3.63) is 65.2 Å². The van der Waals surface area contributed by atoms with Gasteiger partial charge >= 0.3 is 12.0 Å². The van der Waals surface area contributed by atoms with Gasteiger partial charge in [-0.15, -0.1) is 0 Å². The van der Waals surface area contributed by atoms with Crippen LogP contribution in [0.4, 0.5) is 10.5 Å². The molecule has 1 heterocycles. The van der Waals surface area contributed by atoms with Gasteiger partial charge < -0.3 is 10.1 Å². The molecule has 32 heavy (non-hydrogen) atoms. The number of aryl methyl sites for hydroxylation is 2. The molecule has 3 rings (SSSR count). The van der Waals surface area contributed by atoms with Crippen molar-refractivity contribution in [1.82, 2.24) is 10.6 Å². The highest BCUT2D eigenvalue weighted by molar-refractivity contribution is 6.38. The van der Waals surface area contributed by atoms with Crippen LogP contribution in [-0.2, 0) is 19.1 Å². The second kappa shape index (κ2) is 9.86. The van der Waals surface area contributed by atoms with E-state index in [-0.39, 0.29) is 24.5 Å². The van der Waals surface area contributed by atoms with E-state index >= 15 is 0 Å². The van der Waals surface area contributed by atoms with Crippen LogP contribution in [0.5, 0.6) is 0 Å². The first-order valence-corrected chi connectivity index (χ1v) is 10.1. The largest absolute Gasteiger partial charge is 0.443 e. The van der Waals surface area contributed by atoms with Gasteiger partial charge in [-0.2, -0.15) is 10.1 Å². The number of imide groups is 1. The highest BCUT2D eigenvalue weighted by Crippen LogP contribution is 2.26. The molecule has 0 aromatic heterocycles. The molecule has 0 spiro atoms. The monoisotopic (exact) mass is 436 g/mol. The van der Waals surface area contributed by atoms with Crippen LogP contribution in [0, 0.1) is 13.8 Å². The van der Waals surface area contributed by atoms with Crippen molar-refractivity contribution in [2.24, 2.45) is 5.10 Å². The fourth-order valence-corrected chi connectivity index (χ4v) is 3.15. The van der Waals surface area contributed by atoms with E-state index in [1.807, 2.05) is 32.0 Å². The molecule has 1 unspecified atom stereocenters. The van der Waals surface area contributed by atoms with Crippen LogP contribution in [0.2, 0.25) is 0 Å². The SMILES string of the molecule is CNC(=O)NC(=O)C(OC(=O)C1=NN(c2cc(C)ccc2C)C(=O)CC1)c1ccccc1. The topological polar surface area (TPSA) is 117 Å². The van der Waals surface area contributed by atoms with E-state index in [9.17, 15) is 19.2 Å². The van der Waals surface area contributed by atoms with Gasteiger partial charge in [-0.05, 0) is 31.0 Å². The molecule has 2 N–H and O–H groups in total. The summed E-state index contributed by atoms with van der Waals surface area (Å²) in [5.41, 5.74) is 2.75. The fourth-order valence-electron chi connectivity index (χ4n) is 3.15. The summed E-state index contributed by atoms with van der Waals surface area (Å²) in [6, 6.07) is 13.2. The summed E-state index contributed by atoms with van der Waals surface area (Å²) in [5, 5.41) is 9.83. The number of urea groups is 1. The van der Waals surface area contributed by atoms with Crippen LogP contribution in [-0.4, -0.2) is 36.6 Å². The van der Waals surface area contributed by atoms with Crippen LogP contribution in [0.15, 0.2) is 53.6 Å². The van der Waals surface area contributed by atoms with E-state index in [1.165, 1.54) is 12.1 Å².